The van der Waals surface area contributed by atoms with Crippen molar-refractivity contribution in [1.29, 1.82) is 0 Å². The molecular weight excluding hydrogens is 224 g/mol. The molecule has 0 saturated carbocycles. The second-order valence-electron chi connectivity index (χ2n) is 6.19. The Labute approximate surface area is 112 Å². The maximum Gasteiger partial charge on any atom is 0.0459 e. The number of nitrogens with two attached hydrogens (primary N) is 1. The minimum absolute atomic E-state index is 0.237. The third-order valence-corrected chi connectivity index (χ3v) is 4.97. The number of piperidine rings is 1. The Kier molecular flexibility index (Phi) is 4.64. The molecule has 2 fully saturated rings. The van der Waals surface area contributed by atoms with Gasteiger partial charge in [0.05, 0.1) is 0 Å². The first kappa shape index (κ1) is 14.3. The van der Waals surface area contributed by atoms with E-state index in [9.17, 15) is 0 Å². The number of hydrogen-bond donors (Lipinski definition) is 1. The lowest BCUT2D eigenvalue weighted by Crippen LogP contribution is -2.67. The van der Waals surface area contributed by atoms with Gasteiger partial charge >= 0.3 is 0 Å². The van der Waals surface area contributed by atoms with E-state index >= 15 is 0 Å². The molecule has 0 bridgehead atoms. The molecule has 0 spiro atoms. The van der Waals surface area contributed by atoms with Crippen LogP contribution >= 0.6 is 0 Å². The summed E-state index contributed by atoms with van der Waals surface area (Å²) in [6.45, 7) is 12.5. The Hall–Kier alpha value is -0.160. The normalized spacial score (nSPS) is 37.0. The fourth-order valence-corrected chi connectivity index (χ4v) is 3.79. The van der Waals surface area contributed by atoms with Gasteiger partial charge < -0.3 is 10.6 Å². The predicted molar refractivity (Wildman–Crippen MR) is 76.8 cm³/mol. The lowest BCUT2D eigenvalue weighted by Gasteiger charge is -2.52. The van der Waals surface area contributed by atoms with E-state index in [1.54, 1.807) is 0 Å². The van der Waals surface area contributed by atoms with Crippen molar-refractivity contribution < 1.29 is 0 Å². The van der Waals surface area contributed by atoms with Crippen molar-refractivity contribution in [3.05, 3.63) is 0 Å². The molecule has 2 aliphatic rings. The van der Waals surface area contributed by atoms with Crippen LogP contribution < -0.4 is 5.73 Å². The van der Waals surface area contributed by atoms with Gasteiger partial charge in [-0.1, -0.05) is 6.92 Å². The zero-order chi connectivity index (χ0) is 13.2. The van der Waals surface area contributed by atoms with Crippen LogP contribution in [0.1, 0.15) is 26.7 Å². The fourth-order valence-electron chi connectivity index (χ4n) is 3.79. The monoisotopic (exact) mass is 254 g/mol. The van der Waals surface area contributed by atoms with Crippen LogP contribution in [0.5, 0.6) is 0 Å². The van der Waals surface area contributed by atoms with Gasteiger partial charge in [0.2, 0.25) is 0 Å². The molecule has 106 valence electrons. The summed E-state index contributed by atoms with van der Waals surface area (Å²) in [6.07, 6.45) is 2.56. The highest BCUT2D eigenvalue weighted by molar-refractivity contribution is 4.99. The Morgan fingerprint density at radius 3 is 2.61 bits per heavy atom. The summed E-state index contributed by atoms with van der Waals surface area (Å²) in [4.78, 5) is 7.71. The molecule has 0 amide bonds. The molecule has 2 rings (SSSR count). The van der Waals surface area contributed by atoms with Gasteiger partial charge in [0.25, 0.3) is 0 Å². The van der Waals surface area contributed by atoms with Crippen LogP contribution in [-0.4, -0.2) is 79.1 Å². The molecule has 2 aliphatic heterocycles. The highest BCUT2D eigenvalue weighted by atomic mass is 15.3. The molecule has 2 saturated heterocycles. The Morgan fingerprint density at radius 1 is 1.28 bits per heavy atom. The van der Waals surface area contributed by atoms with Crippen molar-refractivity contribution in [3.8, 4) is 0 Å². The van der Waals surface area contributed by atoms with Crippen LogP contribution in [0.2, 0.25) is 0 Å². The van der Waals surface area contributed by atoms with E-state index in [-0.39, 0.29) is 5.54 Å². The van der Waals surface area contributed by atoms with Crippen molar-refractivity contribution in [1.82, 2.24) is 14.7 Å². The van der Waals surface area contributed by atoms with Crippen LogP contribution in [0, 0.1) is 0 Å². The van der Waals surface area contributed by atoms with Crippen LogP contribution in [0.4, 0.5) is 0 Å². The quantitative estimate of drug-likeness (QED) is 0.792. The molecule has 0 aromatic carbocycles. The SMILES string of the molecule is CCN1CCN(C2(CN)CCCN(C)C2)CC1C. The summed E-state index contributed by atoms with van der Waals surface area (Å²) in [5, 5.41) is 0. The summed E-state index contributed by atoms with van der Waals surface area (Å²) in [6, 6.07) is 0.666. The van der Waals surface area contributed by atoms with E-state index in [1.165, 1.54) is 45.6 Å². The number of hydrogen-bond acceptors (Lipinski definition) is 4. The first-order chi connectivity index (χ1) is 8.61. The van der Waals surface area contributed by atoms with Gasteiger partial charge in [0, 0.05) is 44.3 Å². The van der Waals surface area contributed by atoms with Gasteiger partial charge in [-0.3, -0.25) is 9.80 Å². The molecule has 4 nitrogen and oxygen atoms in total. The first-order valence-electron chi connectivity index (χ1n) is 7.49. The standard InChI is InChI=1S/C14H30N4/c1-4-17-8-9-18(10-13(17)2)14(11-15)6-5-7-16(3)12-14/h13H,4-12,15H2,1-3H3. The minimum Gasteiger partial charge on any atom is -0.329 e. The maximum atomic E-state index is 6.16. The highest BCUT2D eigenvalue weighted by Gasteiger charge is 2.41. The van der Waals surface area contributed by atoms with Crippen molar-refractivity contribution in [3.63, 3.8) is 0 Å². The second kappa shape index (κ2) is 5.87. The highest BCUT2D eigenvalue weighted by Crippen LogP contribution is 2.28. The van der Waals surface area contributed by atoms with Crippen molar-refractivity contribution in [2.24, 2.45) is 5.73 Å². The molecule has 0 aromatic rings. The van der Waals surface area contributed by atoms with Crippen LogP contribution in [0.25, 0.3) is 0 Å². The lowest BCUT2D eigenvalue weighted by atomic mass is 9.86. The summed E-state index contributed by atoms with van der Waals surface area (Å²) < 4.78 is 0. The van der Waals surface area contributed by atoms with Gasteiger partial charge in [-0.15, -0.1) is 0 Å². The van der Waals surface area contributed by atoms with Gasteiger partial charge in [-0.05, 0) is 39.9 Å². The lowest BCUT2D eigenvalue weighted by molar-refractivity contribution is -0.0243. The predicted octanol–water partition coefficient (Wildman–Crippen LogP) is 0.436. The van der Waals surface area contributed by atoms with Gasteiger partial charge in [0.1, 0.15) is 0 Å². The molecule has 18 heavy (non-hydrogen) atoms. The average Bonchev–Trinajstić information content (AvgIpc) is 2.38. The maximum absolute atomic E-state index is 6.16. The zero-order valence-electron chi connectivity index (χ0n) is 12.4. The first-order valence-corrected chi connectivity index (χ1v) is 7.49. The molecule has 2 atom stereocenters. The number of likely N-dealkylation sites (N-methyl/N-ethyl adjacent to an activating group) is 2. The van der Waals surface area contributed by atoms with Gasteiger partial charge in [-0.25, -0.2) is 0 Å². The van der Waals surface area contributed by atoms with Crippen LogP contribution in [-0.2, 0) is 0 Å². The number of likely N-dealkylation sites (tertiary alicyclic amines) is 1. The number of rotatable bonds is 3. The Bertz CT molecular complexity index is 271. The number of piperazine rings is 1. The summed E-state index contributed by atoms with van der Waals surface area (Å²) >= 11 is 0. The van der Waals surface area contributed by atoms with Gasteiger partial charge in [0.15, 0.2) is 0 Å². The van der Waals surface area contributed by atoms with Crippen molar-refractivity contribution in [2.75, 3.05) is 52.9 Å². The Morgan fingerprint density at radius 2 is 2.06 bits per heavy atom. The van der Waals surface area contributed by atoms with E-state index < -0.39 is 0 Å². The van der Waals surface area contributed by atoms with E-state index in [4.69, 9.17) is 5.73 Å². The fraction of sp³-hybridized carbons (Fsp3) is 1.00. The van der Waals surface area contributed by atoms with Crippen LogP contribution in [0.3, 0.4) is 0 Å². The summed E-state index contributed by atoms with van der Waals surface area (Å²) in [5.41, 5.74) is 6.40. The molecule has 0 aromatic heterocycles. The molecule has 0 aliphatic carbocycles. The molecule has 2 N–H and O–H groups in total. The molecule has 0 radical (unpaired) electrons. The van der Waals surface area contributed by atoms with E-state index in [0.29, 0.717) is 6.04 Å². The van der Waals surface area contributed by atoms with Crippen LogP contribution in [0.15, 0.2) is 0 Å². The summed E-state index contributed by atoms with van der Waals surface area (Å²) in [5.74, 6) is 0. The largest absolute Gasteiger partial charge is 0.329 e. The molecule has 2 heterocycles. The van der Waals surface area contributed by atoms with E-state index in [0.717, 1.165) is 13.1 Å². The molecule has 2 unspecified atom stereocenters. The van der Waals surface area contributed by atoms with Gasteiger partial charge in [-0.2, -0.15) is 0 Å². The molecule has 4 heteroatoms. The van der Waals surface area contributed by atoms with E-state index in [2.05, 4.69) is 35.6 Å². The third-order valence-electron chi connectivity index (χ3n) is 4.97. The topological polar surface area (TPSA) is 35.7 Å². The molecular formula is C14H30N4. The van der Waals surface area contributed by atoms with E-state index in [1.807, 2.05) is 0 Å². The minimum atomic E-state index is 0.237. The summed E-state index contributed by atoms with van der Waals surface area (Å²) in [7, 11) is 2.23. The second-order valence-corrected chi connectivity index (χ2v) is 6.19. The smallest absolute Gasteiger partial charge is 0.0459 e. The Balaban J connectivity index is 2.04. The average molecular weight is 254 g/mol. The van der Waals surface area contributed by atoms with Crippen molar-refractivity contribution >= 4 is 0 Å². The van der Waals surface area contributed by atoms with Crippen molar-refractivity contribution in [2.45, 2.75) is 38.3 Å². The third kappa shape index (κ3) is 2.72. The zero-order valence-corrected chi connectivity index (χ0v) is 12.4. The number of nitrogens with zero attached hydrogens (tertiary/aromatic N) is 3.